The van der Waals surface area contributed by atoms with E-state index in [0.717, 1.165) is 51.0 Å². The van der Waals surface area contributed by atoms with Gasteiger partial charge in [0.15, 0.2) is 0 Å². The Bertz CT molecular complexity index is 875. The van der Waals surface area contributed by atoms with Crippen molar-refractivity contribution in [2.75, 3.05) is 46.0 Å². The Morgan fingerprint density at radius 1 is 0.708 bits per heavy atom. The molecule has 0 aromatic heterocycles. The Labute approximate surface area is 297 Å². The predicted octanol–water partition coefficient (Wildman–Crippen LogP) is 8.88. The summed E-state index contributed by atoms with van der Waals surface area (Å²) >= 11 is 0. The first-order chi connectivity index (χ1) is 23.3. The van der Waals surface area contributed by atoms with Gasteiger partial charge in [-0.25, -0.2) is 0 Å². The van der Waals surface area contributed by atoms with Crippen molar-refractivity contribution < 1.29 is 14.2 Å². The Kier molecular flexibility index (Phi) is 17.5. The Balaban J connectivity index is 1.46. The third-order valence-electron chi connectivity index (χ3n) is 14.4. The van der Waals surface area contributed by atoms with Crippen LogP contribution in [0.15, 0.2) is 0 Å². The number of unbranched alkanes of at least 4 members (excludes halogenated alkanes) is 6. The highest BCUT2D eigenvalue weighted by Crippen LogP contribution is 2.69. The highest BCUT2D eigenvalue weighted by atomic mass is 16.5. The van der Waals surface area contributed by atoms with E-state index in [4.69, 9.17) is 25.7 Å². The van der Waals surface area contributed by atoms with E-state index in [1.54, 1.807) is 0 Å². The molecule has 282 valence electrons. The monoisotopic (exact) mass is 676 g/mol. The molecule has 6 nitrogen and oxygen atoms in total. The smallest absolute Gasteiger partial charge is 0.0637 e. The van der Waals surface area contributed by atoms with Crippen molar-refractivity contribution in [2.45, 2.75) is 175 Å². The van der Waals surface area contributed by atoms with Crippen LogP contribution in [0.2, 0.25) is 0 Å². The first kappa shape index (κ1) is 40.5. The van der Waals surface area contributed by atoms with Crippen LogP contribution in [0.4, 0.5) is 0 Å². The van der Waals surface area contributed by atoms with E-state index in [9.17, 15) is 0 Å². The highest BCUT2D eigenvalue weighted by molar-refractivity contribution is 5.15. The van der Waals surface area contributed by atoms with E-state index < -0.39 is 0 Å². The maximum atomic E-state index is 7.05. The van der Waals surface area contributed by atoms with Crippen molar-refractivity contribution in [1.29, 1.82) is 0 Å². The van der Waals surface area contributed by atoms with Gasteiger partial charge >= 0.3 is 0 Å². The zero-order valence-electron chi connectivity index (χ0n) is 32.5. The van der Waals surface area contributed by atoms with E-state index in [1.165, 1.54) is 116 Å². The largest absolute Gasteiger partial charge is 0.378 e. The number of ether oxygens (including phenoxy) is 3. The van der Waals surface area contributed by atoms with Crippen molar-refractivity contribution in [3.05, 3.63) is 0 Å². The number of hydrogen-bond donors (Lipinski definition) is 3. The molecule has 4 rings (SSSR count). The Morgan fingerprint density at radius 3 is 2.15 bits per heavy atom. The lowest BCUT2D eigenvalue weighted by Crippen LogP contribution is -2.63. The molecule has 0 radical (unpaired) electrons. The third kappa shape index (κ3) is 10.00. The molecule has 0 saturated heterocycles. The summed E-state index contributed by atoms with van der Waals surface area (Å²) in [5, 5.41) is 3.78. The number of rotatable bonds is 24. The van der Waals surface area contributed by atoms with Crippen LogP contribution in [-0.4, -0.2) is 64.3 Å². The van der Waals surface area contributed by atoms with Gasteiger partial charge in [-0.2, -0.15) is 0 Å². The molecule has 0 aromatic carbocycles. The molecule has 11 atom stereocenters. The lowest BCUT2D eigenvalue weighted by atomic mass is 9.43. The summed E-state index contributed by atoms with van der Waals surface area (Å²) in [4.78, 5) is 0. The summed E-state index contributed by atoms with van der Waals surface area (Å²) in [7, 11) is 0. The van der Waals surface area contributed by atoms with E-state index >= 15 is 0 Å². The lowest BCUT2D eigenvalue weighted by Gasteiger charge is -2.65. The van der Waals surface area contributed by atoms with E-state index in [-0.39, 0.29) is 5.41 Å². The minimum atomic E-state index is 0.208. The summed E-state index contributed by atoms with van der Waals surface area (Å²) in [6.07, 6.45) is 25.0. The van der Waals surface area contributed by atoms with Gasteiger partial charge < -0.3 is 31.0 Å². The van der Waals surface area contributed by atoms with Crippen LogP contribution >= 0.6 is 0 Å². The summed E-state index contributed by atoms with van der Waals surface area (Å²) < 4.78 is 20.5. The van der Waals surface area contributed by atoms with Crippen molar-refractivity contribution >= 4 is 0 Å². The molecule has 4 saturated carbocycles. The second-order valence-electron chi connectivity index (χ2n) is 17.3. The zero-order valence-corrected chi connectivity index (χ0v) is 32.5. The second-order valence-corrected chi connectivity index (χ2v) is 17.3. The van der Waals surface area contributed by atoms with Crippen LogP contribution in [0.25, 0.3) is 0 Å². The van der Waals surface area contributed by atoms with Crippen LogP contribution in [0.1, 0.15) is 157 Å². The van der Waals surface area contributed by atoms with Crippen molar-refractivity contribution in [3.63, 3.8) is 0 Å². The molecule has 2 unspecified atom stereocenters. The molecule has 0 amide bonds. The van der Waals surface area contributed by atoms with Gasteiger partial charge in [0, 0.05) is 25.2 Å². The number of nitrogens with one attached hydrogen (secondary N) is 1. The molecular weight excluding hydrogens is 594 g/mol. The van der Waals surface area contributed by atoms with Crippen molar-refractivity contribution in [2.24, 2.45) is 57.8 Å². The quantitative estimate of drug-likeness (QED) is 0.0886. The summed E-state index contributed by atoms with van der Waals surface area (Å²) in [5.41, 5.74) is 12.4. The van der Waals surface area contributed by atoms with Crippen LogP contribution in [-0.2, 0) is 14.2 Å². The fraction of sp³-hybridized carbons (Fsp3) is 1.00. The maximum absolute atomic E-state index is 7.05. The molecule has 0 aromatic rings. The van der Waals surface area contributed by atoms with Gasteiger partial charge in [-0.15, -0.1) is 0 Å². The van der Waals surface area contributed by atoms with Crippen molar-refractivity contribution in [3.8, 4) is 0 Å². The van der Waals surface area contributed by atoms with E-state index in [2.05, 4.69) is 39.9 Å². The number of nitrogens with two attached hydrogens (primary N) is 2. The van der Waals surface area contributed by atoms with Gasteiger partial charge in [0.25, 0.3) is 0 Å². The zero-order chi connectivity index (χ0) is 34.4. The van der Waals surface area contributed by atoms with E-state index in [1.807, 2.05) is 0 Å². The van der Waals surface area contributed by atoms with Gasteiger partial charge in [0.05, 0.1) is 18.3 Å². The maximum Gasteiger partial charge on any atom is 0.0637 e. The molecule has 4 fully saturated rings. The van der Waals surface area contributed by atoms with Gasteiger partial charge in [-0.1, -0.05) is 73.1 Å². The topological polar surface area (TPSA) is 91.8 Å². The molecular formula is C42H81N3O3. The molecule has 48 heavy (non-hydrogen) atoms. The molecule has 5 N–H and O–H groups in total. The summed E-state index contributed by atoms with van der Waals surface area (Å²) in [6.45, 7) is 18.8. The normalized spacial score (nSPS) is 36.8. The number of fused-ring (bicyclic) bond motifs is 5. The third-order valence-corrected chi connectivity index (χ3v) is 14.4. The molecule has 6 heteroatoms. The predicted molar refractivity (Wildman–Crippen MR) is 202 cm³/mol. The fourth-order valence-electron chi connectivity index (χ4n) is 11.6. The SMILES string of the molecule is CCCCCCCCNCCC[C@@H](C)[C@H]1CC[C@H]2C3[C@H](OCCCC)CC4C[C@H](OCCCN)CC[C@]4(C)[C@H]3C[C@H](OCCCN)[C@]12C. The molecule has 0 aliphatic heterocycles. The van der Waals surface area contributed by atoms with Gasteiger partial charge in [0.2, 0.25) is 0 Å². The van der Waals surface area contributed by atoms with Crippen molar-refractivity contribution in [1.82, 2.24) is 5.32 Å². The van der Waals surface area contributed by atoms with E-state index in [0.29, 0.717) is 60.5 Å². The van der Waals surface area contributed by atoms with Crippen LogP contribution in [0, 0.1) is 46.3 Å². The number of hydrogen-bond acceptors (Lipinski definition) is 6. The molecule has 0 heterocycles. The average molecular weight is 676 g/mol. The standard InChI is InChI=1S/C42H81N3O3/c1-6-8-10-11-12-13-24-45-25-14-17-32(3)35-18-19-36-40-37(31-39(42(35,36)5)48-28-16-23-44)41(4)21-20-34(46-27-15-22-43)29-33(41)30-38(40)47-26-9-7-2/h32-40,45H,6-31,43-44H2,1-5H3/t32-,33?,34-,35-,36+,37+,38-,39+,40?,41+,42-/m1/s1. The minimum absolute atomic E-state index is 0.208. The Hall–Kier alpha value is -0.240. The Morgan fingerprint density at radius 2 is 1.40 bits per heavy atom. The molecule has 4 aliphatic carbocycles. The summed E-state index contributed by atoms with van der Waals surface area (Å²) in [6, 6.07) is 0. The van der Waals surface area contributed by atoms with Crippen LogP contribution in [0.3, 0.4) is 0 Å². The van der Waals surface area contributed by atoms with Crippen LogP contribution < -0.4 is 16.8 Å². The minimum Gasteiger partial charge on any atom is -0.378 e. The first-order valence-corrected chi connectivity index (χ1v) is 21.3. The molecule has 4 aliphatic rings. The highest BCUT2D eigenvalue weighted by Gasteiger charge is 2.66. The van der Waals surface area contributed by atoms with Gasteiger partial charge in [-0.3, -0.25) is 0 Å². The van der Waals surface area contributed by atoms with Crippen LogP contribution in [0.5, 0.6) is 0 Å². The van der Waals surface area contributed by atoms with Gasteiger partial charge in [0.1, 0.15) is 0 Å². The average Bonchev–Trinajstić information content (AvgIpc) is 3.44. The lowest BCUT2D eigenvalue weighted by molar-refractivity contribution is -0.227. The second kappa shape index (κ2) is 20.7. The van der Waals surface area contributed by atoms with Gasteiger partial charge in [-0.05, 0) is 151 Å². The fourth-order valence-corrected chi connectivity index (χ4v) is 11.6. The summed E-state index contributed by atoms with van der Waals surface area (Å²) in [5.74, 6) is 4.10. The first-order valence-electron chi connectivity index (χ1n) is 21.3. The molecule has 0 spiro atoms. The molecule has 0 bridgehead atoms.